The molecule has 3 rings (SSSR count). The highest BCUT2D eigenvalue weighted by Gasteiger charge is 2.21. The fourth-order valence-corrected chi connectivity index (χ4v) is 4.34. The van der Waals surface area contributed by atoms with E-state index in [2.05, 4.69) is 38.9 Å². The lowest BCUT2D eigenvalue weighted by Crippen LogP contribution is -2.47. The lowest BCUT2D eigenvalue weighted by Gasteiger charge is -2.32. The second kappa shape index (κ2) is 11.7. The van der Waals surface area contributed by atoms with Gasteiger partial charge >= 0.3 is 0 Å². The third-order valence-corrected chi connectivity index (χ3v) is 6.34. The highest BCUT2D eigenvalue weighted by Crippen LogP contribution is 2.24. The lowest BCUT2D eigenvalue weighted by molar-refractivity contribution is 0.0827. The van der Waals surface area contributed by atoms with E-state index in [1.807, 2.05) is 35.6 Å². The van der Waals surface area contributed by atoms with Crippen molar-refractivity contribution in [3.63, 3.8) is 0 Å². The smallest absolute Gasteiger partial charge is 0.253 e. The Morgan fingerprint density at radius 1 is 1.23 bits per heavy atom. The molecular weight excluding hydrogens is 509 g/mol. The molecule has 1 aromatic carbocycles. The summed E-state index contributed by atoms with van der Waals surface area (Å²) < 4.78 is 0. The van der Waals surface area contributed by atoms with Crippen LogP contribution in [0.5, 0.6) is 0 Å². The minimum Gasteiger partial charge on any atom is -0.355 e. The van der Waals surface area contributed by atoms with Crippen LogP contribution < -0.4 is 10.6 Å². The second-order valence-electron chi connectivity index (χ2n) is 7.64. The number of amides is 1. The maximum Gasteiger partial charge on any atom is 0.253 e. The molecule has 1 aliphatic rings. The largest absolute Gasteiger partial charge is 0.355 e. The van der Waals surface area contributed by atoms with Gasteiger partial charge in [0.1, 0.15) is 0 Å². The van der Waals surface area contributed by atoms with Crippen LogP contribution in [0.15, 0.2) is 40.7 Å². The summed E-state index contributed by atoms with van der Waals surface area (Å²) in [4.78, 5) is 22.0. The number of carbonyl (C=O) groups excluding carboxylic acids is 1. The Hall–Kier alpha value is -1.65. The van der Waals surface area contributed by atoms with Gasteiger partial charge in [0.05, 0.1) is 0 Å². The van der Waals surface area contributed by atoms with Gasteiger partial charge in [0.2, 0.25) is 0 Å². The first-order chi connectivity index (χ1) is 14.0. The zero-order chi connectivity index (χ0) is 20.8. The quantitative estimate of drug-likeness (QED) is 0.335. The molecule has 0 spiro atoms. The van der Waals surface area contributed by atoms with E-state index < -0.39 is 0 Å². The maximum atomic E-state index is 12.0. The van der Waals surface area contributed by atoms with Crippen LogP contribution in [0, 0.1) is 0 Å². The molecule has 8 heteroatoms. The number of benzene rings is 1. The average Bonchev–Trinajstić information content (AvgIpc) is 3.21. The molecule has 6 nitrogen and oxygen atoms in total. The SMILES string of the molecule is CN=C(NCc1ccc(C(=O)N(C)C)cc1)NCC(C)N1CCc2sccc2C1.I. The van der Waals surface area contributed by atoms with Crippen molar-refractivity contribution in [1.82, 2.24) is 20.4 Å². The maximum absolute atomic E-state index is 12.0. The molecule has 1 aliphatic heterocycles. The highest BCUT2D eigenvalue weighted by atomic mass is 127. The lowest BCUT2D eigenvalue weighted by atomic mass is 10.1. The Morgan fingerprint density at radius 2 is 1.97 bits per heavy atom. The molecule has 0 radical (unpaired) electrons. The Kier molecular flexibility index (Phi) is 9.57. The summed E-state index contributed by atoms with van der Waals surface area (Å²) in [6.07, 6.45) is 1.15. The van der Waals surface area contributed by atoms with Crippen molar-refractivity contribution in [3.8, 4) is 0 Å². The predicted octanol–water partition coefficient (Wildman–Crippen LogP) is 3.18. The van der Waals surface area contributed by atoms with Crippen LogP contribution in [0.25, 0.3) is 0 Å². The minimum atomic E-state index is 0. The van der Waals surface area contributed by atoms with Gasteiger partial charge in [-0.15, -0.1) is 35.3 Å². The Balaban J connectivity index is 0.00000320. The number of hydrogen-bond donors (Lipinski definition) is 2. The van der Waals surface area contributed by atoms with Crippen molar-refractivity contribution in [2.24, 2.45) is 4.99 Å². The van der Waals surface area contributed by atoms with E-state index in [1.54, 1.807) is 26.0 Å². The molecule has 0 saturated carbocycles. The molecule has 164 valence electrons. The molecule has 30 heavy (non-hydrogen) atoms. The molecule has 1 unspecified atom stereocenters. The third kappa shape index (κ3) is 6.42. The van der Waals surface area contributed by atoms with Gasteiger partial charge in [0.15, 0.2) is 5.96 Å². The Labute approximate surface area is 200 Å². The summed E-state index contributed by atoms with van der Waals surface area (Å²) in [5, 5.41) is 8.99. The zero-order valence-electron chi connectivity index (χ0n) is 18.1. The average molecular weight is 542 g/mol. The van der Waals surface area contributed by atoms with Gasteiger partial charge in [0, 0.05) is 63.8 Å². The number of carbonyl (C=O) groups is 1. The number of thiophene rings is 1. The van der Waals surface area contributed by atoms with Gasteiger partial charge in [-0.25, -0.2) is 0 Å². The fraction of sp³-hybridized carbons (Fsp3) is 0.455. The number of aliphatic imine (C=N–C) groups is 1. The van der Waals surface area contributed by atoms with E-state index in [-0.39, 0.29) is 29.9 Å². The summed E-state index contributed by atoms with van der Waals surface area (Å²) >= 11 is 1.88. The van der Waals surface area contributed by atoms with Crippen molar-refractivity contribution in [2.75, 3.05) is 34.2 Å². The molecule has 1 atom stereocenters. The number of nitrogens with one attached hydrogen (secondary N) is 2. The number of halogens is 1. The van der Waals surface area contributed by atoms with Gasteiger partial charge in [-0.05, 0) is 48.1 Å². The van der Waals surface area contributed by atoms with Gasteiger partial charge in [-0.3, -0.25) is 14.7 Å². The first-order valence-corrected chi connectivity index (χ1v) is 10.9. The second-order valence-corrected chi connectivity index (χ2v) is 8.64. The first-order valence-electron chi connectivity index (χ1n) is 10.0. The van der Waals surface area contributed by atoms with Gasteiger partial charge in [-0.1, -0.05) is 12.1 Å². The topological polar surface area (TPSA) is 60.0 Å². The van der Waals surface area contributed by atoms with Gasteiger partial charge < -0.3 is 15.5 Å². The van der Waals surface area contributed by atoms with E-state index in [9.17, 15) is 4.79 Å². The molecule has 0 fully saturated rings. The van der Waals surface area contributed by atoms with Crippen LogP contribution in [0.3, 0.4) is 0 Å². The summed E-state index contributed by atoms with van der Waals surface area (Å²) in [7, 11) is 5.31. The van der Waals surface area contributed by atoms with Crippen molar-refractivity contribution in [1.29, 1.82) is 0 Å². The molecule has 2 N–H and O–H groups in total. The van der Waals surface area contributed by atoms with Crippen molar-refractivity contribution in [2.45, 2.75) is 32.5 Å². The summed E-state index contributed by atoms with van der Waals surface area (Å²) in [5.41, 5.74) is 3.29. The van der Waals surface area contributed by atoms with Crippen LogP contribution >= 0.6 is 35.3 Å². The molecule has 1 aromatic heterocycles. The van der Waals surface area contributed by atoms with Crippen LogP contribution in [-0.4, -0.2) is 61.9 Å². The molecule has 0 saturated heterocycles. The van der Waals surface area contributed by atoms with Crippen LogP contribution in [-0.2, 0) is 19.5 Å². The summed E-state index contributed by atoms with van der Waals surface area (Å²) in [6, 6.07) is 10.4. The van der Waals surface area contributed by atoms with Crippen LogP contribution in [0.2, 0.25) is 0 Å². The standard InChI is InChI=1S/C22H31N5OS.HI/c1-16(27-11-9-20-19(15-27)10-12-29-20)13-24-22(23-2)25-14-17-5-7-18(8-6-17)21(28)26(3)4;/h5-8,10,12,16H,9,11,13-15H2,1-4H3,(H2,23,24,25);1H. The van der Waals surface area contributed by atoms with E-state index in [0.717, 1.165) is 37.6 Å². The number of hydrogen-bond acceptors (Lipinski definition) is 4. The molecule has 1 amide bonds. The highest BCUT2D eigenvalue weighted by molar-refractivity contribution is 14.0. The predicted molar refractivity (Wildman–Crippen MR) is 136 cm³/mol. The molecular formula is C22H32IN5OS. The van der Waals surface area contributed by atoms with E-state index in [1.165, 1.54) is 10.4 Å². The van der Waals surface area contributed by atoms with Gasteiger partial charge in [-0.2, -0.15) is 0 Å². The van der Waals surface area contributed by atoms with E-state index >= 15 is 0 Å². The molecule has 0 bridgehead atoms. The normalized spacial score (nSPS) is 15.0. The monoisotopic (exact) mass is 541 g/mol. The number of guanidine groups is 1. The third-order valence-electron chi connectivity index (χ3n) is 5.32. The zero-order valence-corrected chi connectivity index (χ0v) is 21.3. The van der Waals surface area contributed by atoms with Crippen molar-refractivity contribution >= 4 is 47.2 Å². The van der Waals surface area contributed by atoms with E-state index in [4.69, 9.17) is 0 Å². The van der Waals surface area contributed by atoms with Crippen LogP contribution in [0.1, 0.15) is 33.3 Å². The van der Waals surface area contributed by atoms with Crippen LogP contribution in [0.4, 0.5) is 0 Å². The van der Waals surface area contributed by atoms with Crippen molar-refractivity contribution < 1.29 is 4.79 Å². The number of fused-ring (bicyclic) bond motifs is 1. The first kappa shape index (κ1) is 24.6. The fourth-order valence-electron chi connectivity index (χ4n) is 3.45. The minimum absolute atomic E-state index is 0. The number of rotatable bonds is 6. The molecule has 2 aromatic rings. The van der Waals surface area contributed by atoms with Crippen molar-refractivity contribution in [3.05, 3.63) is 57.3 Å². The molecule has 2 heterocycles. The summed E-state index contributed by atoms with van der Waals surface area (Å²) in [5.74, 6) is 0.807. The molecule has 0 aliphatic carbocycles. The number of nitrogens with zero attached hydrogens (tertiary/aromatic N) is 3. The Bertz CT molecular complexity index is 849. The Morgan fingerprint density at radius 3 is 2.63 bits per heavy atom. The van der Waals surface area contributed by atoms with E-state index in [0.29, 0.717) is 18.2 Å². The summed E-state index contributed by atoms with van der Waals surface area (Å²) in [6.45, 7) is 5.91. The van der Waals surface area contributed by atoms with Gasteiger partial charge in [0.25, 0.3) is 5.91 Å².